The van der Waals surface area contributed by atoms with Gasteiger partial charge >= 0.3 is 0 Å². The molecule has 1 fully saturated rings. The van der Waals surface area contributed by atoms with Crippen molar-refractivity contribution in [2.75, 3.05) is 11.9 Å². The van der Waals surface area contributed by atoms with Gasteiger partial charge in [0.2, 0.25) is 5.95 Å². The Balaban J connectivity index is 1.67. The maximum atomic E-state index is 4.58. The molecule has 19 heavy (non-hydrogen) atoms. The van der Waals surface area contributed by atoms with E-state index in [0.717, 1.165) is 29.4 Å². The quantitative estimate of drug-likeness (QED) is 0.862. The van der Waals surface area contributed by atoms with Crippen molar-refractivity contribution in [1.82, 2.24) is 9.97 Å². The summed E-state index contributed by atoms with van der Waals surface area (Å²) in [6.07, 6.45) is 5.57. The highest BCUT2D eigenvalue weighted by atomic mass is 15.1. The Morgan fingerprint density at radius 1 is 1.26 bits per heavy atom. The summed E-state index contributed by atoms with van der Waals surface area (Å²) in [7, 11) is 0. The number of hydrogen-bond acceptors (Lipinski definition) is 2. The first kappa shape index (κ1) is 12.5. The lowest BCUT2D eigenvalue weighted by Crippen LogP contribution is -2.30. The van der Waals surface area contributed by atoms with E-state index in [-0.39, 0.29) is 0 Å². The van der Waals surface area contributed by atoms with E-state index >= 15 is 0 Å². The van der Waals surface area contributed by atoms with Crippen LogP contribution in [0.15, 0.2) is 24.3 Å². The number of aromatic amines is 1. The molecule has 0 spiro atoms. The SMILES string of the molecule is CC(C)(CNc1nc2ccccc2[nH]1)C1CCCC1. The molecule has 2 aromatic rings. The first-order valence-electron chi connectivity index (χ1n) is 7.34. The van der Waals surface area contributed by atoms with E-state index in [1.807, 2.05) is 18.2 Å². The van der Waals surface area contributed by atoms with Crippen LogP contribution in [0.1, 0.15) is 39.5 Å². The molecule has 0 radical (unpaired) electrons. The van der Waals surface area contributed by atoms with Gasteiger partial charge in [-0.1, -0.05) is 38.8 Å². The van der Waals surface area contributed by atoms with Crippen LogP contribution in [0.3, 0.4) is 0 Å². The van der Waals surface area contributed by atoms with Crippen molar-refractivity contribution >= 4 is 17.0 Å². The summed E-state index contributed by atoms with van der Waals surface area (Å²) < 4.78 is 0. The normalized spacial score (nSPS) is 17.2. The lowest BCUT2D eigenvalue weighted by molar-refractivity contribution is 0.234. The minimum Gasteiger partial charge on any atom is -0.355 e. The van der Waals surface area contributed by atoms with Gasteiger partial charge in [0.05, 0.1) is 11.0 Å². The molecule has 3 nitrogen and oxygen atoms in total. The Hall–Kier alpha value is -1.51. The van der Waals surface area contributed by atoms with Gasteiger partial charge in [-0.05, 0) is 36.3 Å². The van der Waals surface area contributed by atoms with Gasteiger partial charge in [-0.3, -0.25) is 0 Å². The highest BCUT2D eigenvalue weighted by molar-refractivity contribution is 5.77. The third-order valence-electron chi connectivity index (χ3n) is 4.56. The molecule has 1 saturated carbocycles. The van der Waals surface area contributed by atoms with Crippen molar-refractivity contribution in [3.8, 4) is 0 Å². The molecular weight excluding hydrogens is 234 g/mol. The van der Waals surface area contributed by atoms with E-state index < -0.39 is 0 Å². The lowest BCUT2D eigenvalue weighted by Gasteiger charge is -2.31. The summed E-state index contributed by atoms with van der Waals surface area (Å²) in [5.41, 5.74) is 2.47. The summed E-state index contributed by atoms with van der Waals surface area (Å²) >= 11 is 0. The smallest absolute Gasteiger partial charge is 0.201 e. The Morgan fingerprint density at radius 2 is 2.00 bits per heavy atom. The van der Waals surface area contributed by atoms with Crippen molar-refractivity contribution in [1.29, 1.82) is 0 Å². The monoisotopic (exact) mass is 257 g/mol. The predicted octanol–water partition coefficient (Wildman–Crippen LogP) is 4.19. The zero-order valence-corrected chi connectivity index (χ0v) is 11.9. The van der Waals surface area contributed by atoms with Crippen molar-refractivity contribution in [3.05, 3.63) is 24.3 Å². The molecule has 0 amide bonds. The van der Waals surface area contributed by atoms with Crippen molar-refractivity contribution in [2.45, 2.75) is 39.5 Å². The summed E-state index contributed by atoms with van der Waals surface area (Å²) in [6, 6.07) is 8.16. The molecule has 3 rings (SSSR count). The van der Waals surface area contributed by atoms with Gasteiger partial charge in [-0.25, -0.2) is 4.98 Å². The molecule has 102 valence electrons. The van der Waals surface area contributed by atoms with Gasteiger partial charge in [0.25, 0.3) is 0 Å². The van der Waals surface area contributed by atoms with Crippen LogP contribution in [0.25, 0.3) is 11.0 Å². The molecule has 1 aliphatic carbocycles. The number of rotatable bonds is 4. The Bertz CT molecular complexity index is 517. The second kappa shape index (κ2) is 4.87. The van der Waals surface area contributed by atoms with Gasteiger partial charge in [-0.2, -0.15) is 0 Å². The van der Waals surface area contributed by atoms with Crippen LogP contribution in [0, 0.1) is 11.3 Å². The molecule has 0 saturated heterocycles. The zero-order chi connectivity index (χ0) is 13.3. The molecular formula is C16H23N3. The molecule has 3 heteroatoms. The largest absolute Gasteiger partial charge is 0.355 e. The molecule has 1 aliphatic rings. The molecule has 0 unspecified atom stereocenters. The number of H-pyrrole nitrogens is 1. The van der Waals surface area contributed by atoms with E-state index in [4.69, 9.17) is 0 Å². The second-order valence-corrected chi connectivity index (χ2v) is 6.43. The lowest BCUT2D eigenvalue weighted by atomic mass is 9.78. The van der Waals surface area contributed by atoms with E-state index in [1.54, 1.807) is 0 Å². The van der Waals surface area contributed by atoms with Crippen LogP contribution in [-0.2, 0) is 0 Å². The van der Waals surface area contributed by atoms with E-state index in [2.05, 4.69) is 35.2 Å². The topological polar surface area (TPSA) is 40.7 Å². The summed E-state index contributed by atoms with van der Waals surface area (Å²) in [5, 5.41) is 3.48. The standard InChI is InChI=1S/C16H23N3/c1-16(2,12-7-3-4-8-12)11-17-15-18-13-9-5-6-10-14(13)19-15/h5-6,9-10,12H,3-4,7-8,11H2,1-2H3,(H2,17,18,19). The minimum atomic E-state index is 0.343. The summed E-state index contributed by atoms with van der Waals surface area (Å²) in [4.78, 5) is 7.91. The van der Waals surface area contributed by atoms with Gasteiger partial charge in [0.15, 0.2) is 0 Å². The molecule has 2 N–H and O–H groups in total. The average molecular weight is 257 g/mol. The number of aromatic nitrogens is 2. The van der Waals surface area contributed by atoms with Gasteiger partial charge in [0.1, 0.15) is 0 Å². The maximum Gasteiger partial charge on any atom is 0.201 e. The fraction of sp³-hybridized carbons (Fsp3) is 0.562. The first-order chi connectivity index (χ1) is 9.15. The number of benzene rings is 1. The van der Waals surface area contributed by atoms with E-state index in [9.17, 15) is 0 Å². The van der Waals surface area contributed by atoms with Crippen molar-refractivity contribution in [2.24, 2.45) is 11.3 Å². The second-order valence-electron chi connectivity index (χ2n) is 6.43. The number of nitrogens with zero attached hydrogens (tertiary/aromatic N) is 1. The summed E-state index contributed by atoms with van der Waals surface area (Å²) in [6.45, 7) is 5.73. The van der Waals surface area contributed by atoms with Crippen LogP contribution in [-0.4, -0.2) is 16.5 Å². The van der Waals surface area contributed by atoms with E-state index in [1.165, 1.54) is 25.7 Å². The first-order valence-corrected chi connectivity index (χ1v) is 7.34. The van der Waals surface area contributed by atoms with Crippen molar-refractivity contribution in [3.63, 3.8) is 0 Å². The predicted molar refractivity (Wildman–Crippen MR) is 80.3 cm³/mol. The minimum absolute atomic E-state index is 0.343. The maximum absolute atomic E-state index is 4.58. The van der Waals surface area contributed by atoms with Crippen LogP contribution in [0.4, 0.5) is 5.95 Å². The number of para-hydroxylation sites is 2. The molecule has 0 atom stereocenters. The van der Waals surface area contributed by atoms with Crippen LogP contribution in [0.5, 0.6) is 0 Å². The van der Waals surface area contributed by atoms with Gasteiger partial charge in [-0.15, -0.1) is 0 Å². The highest BCUT2D eigenvalue weighted by Gasteiger charge is 2.31. The molecule has 1 aromatic heterocycles. The molecule has 0 aliphatic heterocycles. The molecule has 1 heterocycles. The van der Waals surface area contributed by atoms with Gasteiger partial charge in [0, 0.05) is 6.54 Å². The number of anilines is 1. The molecule has 1 aromatic carbocycles. The highest BCUT2D eigenvalue weighted by Crippen LogP contribution is 2.39. The third-order valence-corrected chi connectivity index (χ3v) is 4.56. The third kappa shape index (κ3) is 2.60. The number of hydrogen-bond donors (Lipinski definition) is 2. The van der Waals surface area contributed by atoms with Crippen molar-refractivity contribution < 1.29 is 0 Å². The van der Waals surface area contributed by atoms with E-state index in [0.29, 0.717) is 5.41 Å². The number of nitrogens with one attached hydrogen (secondary N) is 2. The Kier molecular flexibility index (Phi) is 3.21. The van der Waals surface area contributed by atoms with Crippen LogP contribution < -0.4 is 5.32 Å². The fourth-order valence-electron chi connectivity index (χ4n) is 3.20. The number of imidazole rings is 1. The van der Waals surface area contributed by atoms with Gasteiger partial charge < -0.3 is 10.3 Å². The van der Waals surface area contributed by atoms with Crippen LogP contribution in [0.2, 0.25) is 0 Å². The summed E-state index contributed by atoms with van der Waals surface area (Å²) in [5.74, 6) is 1.75. The Labute approximate surface area is 114 Å². The average Bonchev–Trinajstić information content (AvgIpc) is 3.05. The fourth-order valence-corrected chi connectivity index (χ4v) is 3.20. The van der Waals surface area contributed by atoms with Crippen LogP contribution >= 0.6 is 0 Å². The zero-order valence-electron chi connectivity index (χ0n) is 11.9. The number of fused-ring (bicyclic) bond motifs is 1. The Morgan fingerprint density at radius 3 is 2.74 bits per heavy atom. The molecule has 0 bridgehead atoms.